The van der Waals surface area contributed by atoms with Crippen LogP contribution in [0.25, 0.3) is 0 Å². The first-order valence-electron chi connectivity index (χ1n) is 12.3. The van der Waals surface area contributed by atoms with Crippen LogP contribution >= 0.6 is 0 Å². The van der Waals surface area contributed by atoms with E-state index in [0.717, 1.165) is 42.9 Å². The Morgan fingerprint density at radius 1 is 1.03 bits per heavy atom. The molecule has 36 heavy (non-hydrogen) atoms. The Hall–Kier alpha value is -3.59. The minimum atomic E-state index is -0.479. The molecule has 1 N–H and O–H groups in total. The summed E-state index contributed by atoms with van der Waals surface area (Å²) in [5.41, 5.74) is 3.19. The summed E-state index contributed by atoms with van der Waals surface area (Å²) in [6.45, 7) is 8.01. The number of hydrogen-bond donors (Lipinski definition) is 1. The second-order valence-electron chi connectivity index (χ2n) is 8.40. The Balaban J connectivity index is 1.48. The standard InChI is InChI=1S/C27H36N4O5/c1-5-30(6-2)15-7-17-36-27(33)28-22-11-8-20(9-12-22)18-26(32)31-16-14-23(29-31)21-10-13-24(34-3)25(19-21)35-4/h8-13,19H,5-7,14-18H2,1-4H3,(H,28,33). The van der Waals surface area contributed by atoms with Gasteiger partial charge in [0, 0.05) is 24.2 Å². The third-order valence-electron chi connectivity index (χ3n) is 6.11. The Labute approximate surface area is 213 Å². The SMILES string of the molecule is CCN(CC)CCCOC(=O)Nc1ccc(CC(=O)N2CCC(c3ccc(OC)c(OC)c3)=N2)cc1. The molecular formula is C27H36N4O5. The topological polar surface area (TPSA) is 92.7 Å². The van der Waals surface area contributed by atoms with Crippen molar-refractivity contribution < 1.29 is 23.8 Å². The monoisotopic (exact) mass is 496 g/mol. The molecule has 0 aromatic heterocycles. The first-order valence-corrected chi connectivity index (χ1v) is 12.3. The number of hydrazone groups is 1. The number of rotatable bonds is 12. The molecule has 9 nitrogen and oxygen atoms in total. The van der Waals surface area contributed by atoms with Crippen molar-refractivity contribution in [1.29, 1.82) is 0 Å². The van der Waals surface area contributed by atoms with E-state index in [1.165, 1.54) is 5.01 Å². The number of benzene rings is 2. The predicted molar refractivity (Wildman–Crippen MR) is 140 cm³/mol. The molecule has 0 fully saturated rings. The molecular weight excluding hydrogens is 460 g/mol. The highest BCUT2D eigenvalue weighted by Gasteiger charge is 2.22. The molecule has 0 spiro atoms. The van der Waals surface area contributed by atoms with E-state index in [9.17, 15) is 9.59 Å². The Kier molecular flexibility index (Phi) is 10.1. The van der Waals surface area contributed by atoms with Crippen LogP contribution in [0.15, 0.2) is 47.6 Å². The number of methoxy groups -OCH3 is 2. The zero-order valence-corrected chi connectivity index (χ0v) is 21.6. The summed E-state index contributed by atoms with van der Waals surface area (Å²) in [5, 5.41) is 8.76. The Bertz CT molecular complexity index is 1050. The number of amides is 2. The molecule has 0 saturated heterocycles. The highest BCUT2D eigenvalue weighted by molar-refractivity contribution is 6.03. The van der Waals surface area contributed by atoms with E-state index < -0.39 is 6.09 Å². The van der Waals surface area contributed by atoms with E-state index in [2.05, 4.69) is 29.2 Å². The van der Waals surface area contributed by atoms with Gasteiger partial charge in [-0.05, 0) is 55.4 Å². The Morgan fingerprint density at radius 3 is 2.42 bits per heavy atom. The fourth-order valence-electron chi connectivity index (χ4n) is 3.97. The van der Waals surface area contributed by atoms with Crippen molar-refractivity contribution in [2.45, 2.75) is 33.1 Å². The minimum absolute atomic E-state index is 0.0844. The number of nitrogens with zero attached hydrogens (tertiary/aromatic N) is 3. The normalized spacial score (nSPS) is 12.9. The fraction of sp³-hybridized carbons (Fsp3) is 0.444. The maximum atomic E-state index is 12.8. The first-order chi connectivity index (χ1) is 17.5. The van der Waals surface area contributed by atoms with Crippen molar-refractivity contribution >= 4 is 23.4 Å². The van der Waals surface area contributed by atoms with Gasteiger partial charge in [0.05, 0.1) is 39.5 Å². The van der Waals surface area contributed by atoms with Gasteiger partial charge in [-0.1, -0.05) is 26.0 Å². The van der Waals surface area contributed by atoms with E-state index in [0.29, 0.717) is 36.8 Å². The van der Waals surface area contributed by atoms with Crippen LogP contribution < -0.4 is 14.8 Å². The van der Waals surface area contributed by atoms with E-state index in [-0.39, 0.29) is 12.3 Å². The van der Waals surface area contributed by atoms with Gasteiger partial charge in [-0.3, -0.25) is 10.1 Å². The molecule has 2 aromatic rings. The minimum Gasteiger partial charge on any atom is -0.493 e. The summed E-state index contributed by atoms with van der Waals surface area (Å²) in [6.07, 6.45) is 1.20. The summed E-state index contributed by atoms with van der Waals surface area (Å²) >= 11 is 0. The molecule has 0 aliphatic carbocycles. The lowest BCUT2D eigenvalue weighted by Crippen LogP contribution is -2.25. The molecule has 0 radical (unpaired) electrons. The van der Waals surface area contributed by atoms with Gasteiger partial charge in [-0.15, -0.1) is 0 Å². The number of hydrogen-bond acceptors (Lipinski definition) is 7. The lowest BCUT2D eigenvalue weighted by atomic mass is 10.1. The maximum Gasteiger partial charge on any atom is 0.411 e. The molecule has 0 saturated carbocycles. The van der Waals surface area contributed by atoms with Crippen LogP contribution in [0.1, 0.15) is 37.8 Å². The van der Waals surface area contributed by atoms with Gasteiger partial charge in [0.15, 0.2) is 11.5 Å². The highest BCUT2D eigenvalue weighted by Crippen LogP contribution is 2.29. The van der Waals surface area contributed by atoms with Gasteiger partial charge in [0.1, 0.15) is 0 Å². The van der Waals surface area contributed by atoms with Crippen molar-refractivity contribution in [3.05, 3.63) is 53.6 Å². The summed E-state index contributed by atoms with van der Waals surface area (Å²) in [4.78, 5) is 27.1. The summed E-state index contributed by atoms with van der Waals surface area (Å²) in [5.74, 6) is 1.19. The summed E-state index contributed by atoms with van der Waals surface area (Å²) < 4.78 is 15.9. The molecule has 2 amide bonds. The van der Waals surface area contributed by atoms with E-state index in [1.54, 1.807) is 26.4 Å². The van der Waals surface area contributed by atoms with Gasteiger partial charge >= 0.3 is 6.09 Å². The van der Waals surface area contributed by atoms with Crippen molar-refractivity contribution in [3.63, 3.8) is 0 Å². The molecule has 0 unspecified atom stereocenters. The van der Waals surface area contributed by atoms with Crippen LogP contribution in [0.2, 0.25) is 0 Å². The van der Waals surface area contributed by atoms with Crippen LogP contribution in [-0.2, 0) is 16.0 Å². The zero-order valence-electron chi connectivity index (χ0n) is 21.6. The van der Waals surface area contributed by atoms with Crippen LogP contribution in [0.5, 0.6) is 11.5 Å². The molecule has 9 heteroatoms. The second-order valence-corrected chi connectivity index (χ2v) is 8.40. The number of anilines is 1. The predicted octanol–water partition coefficient (Wildman–Crippen LogP) is 4.16. The van der Waals surface area contributed by atoms with Gasteiger partial charge in [-0.25, -0.2) is 9.80 Å². The van der Waals surface area contributed by atoms with Crippen molar-refractivity contribution in [2.24, 2.45) is 5.10 Å². The lowest BCUT2D eigenvalue weighted by molar-refractivity contribution is -0.130. The van der Waals surface area contributed by atoms with Gasteiger partial charge in [-0.2, -0.15) is 5.10 Å². The molecule has 0 atom stereocenters. The van der Waals surface area contributed by atoms with Gasteiger partial charge in [0.2, 0.25) is 5.91 Å². The van der Waals surface area contributed by atoms with Crippen LogP contribution in [-0.4, -0.2) is 74.6 Å². The van der Waals surface area contributed by atoms with Crippen LogP contribution in [0.4, 0.5) is 10.5 Å². The molecule has 3 rings (SSSR count). The third-order valence-corrected chi connectivity index (χ3v) is 6.11. The van der Waals surface area contributed by atoms with Crippen molar-refractivity contribution in [1.82, 2.24) is 9.91 Å². The lowest BCUT2D eigenvalue weighted by Gasteiger charge is -2.17. The Morgan fingerprint density at radius 2 is 1.75 bits per heavy atom. The zero-order chi connectivity index (χ0) is 25.9. The second kappa shape index (κ2) is 13.5. The van der Waals surface area contributed by atoms with Crippen molar-refractivity contribution in [2.75, 3.05) is 52.3 Å². The fourth-order valence-corrected chi connectivity index (χ4v) is 3.97. The highest BCUT2D eigenvalue weighted by atomic mass is 16.5. The average Bonchev–Trinajstić information content (AvgIpc) is 3.40. The summed E-state index contributed by atoms with van der Waals surface area (Å²) in [6, 6.07) is 12.8. The number of ether oxygens (including phenoxy) is 3. The first kappa shape index (κ1) is 27.0. The van der Waals surface area contributed by atoms with Crippen molar-refractivity contribution in [3.8, 4) is 11.5 Å². The van der Waals surface area contributed by atoms with E-state index >= 15 is 0 Å². The molecule has 2 aromatic carbocycles. The molecule has 0 bridgehead atoms. The third kappa shape index (κ3) is 7.45. The number of carbonyl (C=O) groups is 2. The molecule has 1 aliphatic heterocycles. The largest absolute Gasteiger partial charge is 0.493 e. The molecule has 1 heterocycles. The van der Waals surface area contributed by atoms with Gasteiger partial charge < -0.3 is 19.1 Å². The van der Waals surface area contributed by atoms with Crippen LogP contribution in [0.3, 0.4) is 0 Å². The average molecular weight is 497 g/mol. The van der Waals surface area contributed by atoms with E-state index in [4.69, 9.17) is 14.2 Å². The molecule has 194 valence electrons. The number of nitrogens with one attached hydrogen (secondary N) is 1. The quantitative estimate of drug-likeness (QED) is 0.444. The van der Waals surface area contributed by atoms with Gasteiger partial charge in [0.25, 0.3) is 0 Å². The molecule has 1 aliphatic rings. The number of carbonyl (C=O) groups excluding carboxylic acids is 2. The van der Waals surface area contributed by atoms with Crippen LogP contribution in [0, 0.1) is 0 Å². The maximum absolute atomic E-state index is 12.8. The summed E-state index contributed by atoms with van der Waals surface area (Å²) in [7, 11) is 3.18. The smallest absolute Gasteiger partial charge is 0.411 e. The van der Waals surface area contributed by atoms with E-state index in [1.807, 2.05) is 30.3 Å².